The number of hydrogen-bond acceptors (Lipinski definition) is 3. The minimum absolute atomic E-state index is 0.404. The van der Waals surface area contributed by atoms with Crippen molar-refractivity contribution in [2.24, 2.45) is 5.92 Å². The molecule has 1 aromatic carbocycles. The predicted octanol–water partition coefficient (Wildman–Crippen LogP) is 3.41. The number of hydrogen-bond donors (Lipinski definition) is 0. The van der Waals surface area contributed by atoms with Gasteiger partial charge in [-0.2, -0.15) is 4.31 Å². The molecule has 0 radical (unpaired) electrons. The number of piperazine rings is 1. The van der Waals surface area contributed by atoms with Gasteiger partial charge in [0.05, 0.1) is 4.90 Å². The van der Waals surface area contributed by atoms with Gasteiger partial charge in [0.1, 0.15) is 0 Å². The molecule has 0 spiro atoms. The molecule has 0 amide bonds. The third-order valence-corrected chi connectivity index (χ3v) is 5.56. The van der Waals surface area contributed by atoms with Crippen molar-refractivity contribution in [1.82, 2.24) is 9.21 Å². The molecule has 0 unspecified atom stereocenters. The summed E-state index contributed by atoms with van der Waals surface area (Å²) < 4.78 is 26.5. The molecule has 132 valence electrons. The van der Waals surface area contributed by atoms with Gasteiger partial charge in [-0.25, -0.2) is 8.42 Å². The van der Waals surface area contributed by atoms with Crippen molar-refractivity contribution >= 4 is 10.0 Å². The molecule has 1 aromatic rings. The molecule has 1 aliphatic heterocycles. The second kappa shape index (κ2) is 8.81. The molecule has 1 fully saturated rings. The van der Waals surface area contributed by atoms with Crippen molar-refractivity contribution < 1.29 is 8.42 Å². The highest BCUT2D eigenvalue weighted by Gasteiger charge is 2.27. The third kappa shape index (κ3) is 6.24. The van der Waals surface area contributed by atoms with E-state index in [-0.39, 0.29) is 0 Å². The van der Waals surface area contributed by atoms with Crippen LogP contribution in [0.25, 0.3) is 0 Å². The molecule has 0 aliphatic carbocycles. The maximum absolute atomic E-state index is 12.5. The molecule has 1 aliphatic rings. The Morgan fingerprint density at radius 2 is 1.30 bits per heavy atom. The first-order chi connectivity index (χ1) is 10.6. The van der Waals surface area contributed by atoms with Gasteiger partial charge >= 0.3 is 0 Å². The number of likely N-dealkylation sites (N-methyl/N-ethyl adjacent to an activating group) is 1. The maximum Gasteiger partial charge on any atom is 0.243 e. The summed E-state index contributed by atoms with van der Waals surface area (Å²) in [5.74, 6) is 1.25. The van der Waals surface area contributed by atoms with Crippen LogP contribution in [0, 0.1) is 5.92 Å². The quantitative estimate of drug-likeness (QED) is 0.846. The van der Waals surface area contributed by atoms with Crippen molar-refractivity contribution in [2.75, 3.05) is 33.2 Å². The van der Waals surface area contributed by atoms with E-state index in [9.17, 15) is 8.42 Å². The van der Waals surface area contributed by atoms with Crippen molar-refractivity contribution in [2.45, 2.75) is 45.4 Å². The van der Waals surface area contributed by atoms with Gasteiger partial charge in [0.2, 0.25) is 10.0 Å². The Morgan fingerprint density at radius 1 is 0.870 bits per heavy atom. The zero-order valence-electron chi connectivity index (χ0n) is 15.4. The predicted molar refractivity (Wildman–Crippen MR) is 97.3 cm³/mol. The summed E-state index contributed by atoms with van der Waals surface area (Å²) in [5.41, 5.74) is 1.16. The highest BCUT2D eigenvalue weighted by molar-refractivity contribution is 7.89. The Balaban J connectivity index is 0.000000593. The summed E-state index contributed by atoms with van der Waals surface area (Å²) in [6, 6.07) is 7.27. The van der Waals surface area contributed by atoms with Crippen LogP contribution in [0.4, 0.5) is 0 Å². The lowest BCUT2D eigenvalue weighted by molar-refractivity contribution is 0.222. The summed E-state index contributed by atoms with van der Waals surface area (Å²) in [4.78, 5) is 2.55. The molecule has 0 saturated carbocycles. The van der Waals surface area contributed by atoms with Crippen LogP contribution in [0.1, 0.15) is 46.1 Å². The lowest BCUT2D eigenvalue weighted by Gasteiger charge is -2.31. The van der Waals surface area contributed by atoms with Crippen molar-refractivity contribution in [1.29, 1.82) is 0 Å². The van der Waals surface area contributed by atoms with Crippen LogP contribution in [-0.4, -0.2) is 50.8 Å². The fourth-order valence-corrected chi connectivity index (χ4v) is 3.62. The van der Waals surface area contributed by atoms with E-state index in [2.05, 4.69) is 39.5 Å². The maximum atomic E-state index is 12.5. The second-order valence-corrected chi connectivity index (χ2v) is 9.10. The van der Waals surface area contributed by atoms with Gasteiger partial charge in [0.25, 0.3) is 0 Å². The van der Waals surface area contributed by atoms with Crippen molar-refractivity contribution in [3.63, 3.8) is 0 Å². The van der Waals surface area contributed by atoms with Gasteiger partial charge in [0.15, 0.2) is 0 Å². The second-order valence-electron chi connectivity index (χ2n) is 7.16. The van der Waals surface area contributed by atoms with E-state index in [0.717, 1.165) is 24.6 Å². The van der Waals surface area contributed by atoms with Crippen molar-refractivity contribution in [3.05, 3.63) is 29.8 Å². The molecule has 2 rings (SSSR count). The van der Waals surface area contributed by atoms with Gasteiger partial charge in [-0.3, -0.25) is 0 Å². The van der Waals surface area contributed by atoms with E-state index >= 15 is 0 Å². The summed E-state index contributed by atoms with van der Waals surface area (Å²) in [5, 5.41) is 0. The molecule has 0 N–H and O–H groups in total. The smallest absolute Gasteiger partial charge is 0.243 e. The van der Waals surface area contributed by atoms with Gasteiger partial charge in [-0.1, -0.05) is 46.8 Å². The number of sulfonamides is 1. The Hall–Kier alpha value is -0.910. The molecule has 0 atom stereocenters. The lowest BCUT2D eigenvalue weighted by atomic mass is 10.0. The monoisotopic (exact) mass is 340 g/mol. The van der Waals surface area contributed by atoms with Crippen LogP contribution in [-0.2, 0) is 10.0 Å². The first kappa shape index (κ1) is 20.1. The number of benzene rings is 1. The fourth-order valence-electron chi connectivity index (χ4n) is 2.20. The molecule has 1 saturated heterocycles. The molecule has 0 bridgehead atoms. The molecular formula is C18H32N2O2S. The van der Waals surface area contributed by atoms with E-state index in [1.54, 1.807) is 16.4 Å². The van der Waals surface area contributed by atoms with E-state index < -0.39 is 10.0 Å². The van der Waals surface area contributed by atoms with Gasteiger partial charge < -0.3 is 4.90 Å². The van der Waals surface area contributed by atoms with Crippen LogP contribution < -0.4 is 0 Å². The van der Waals surface area contributed by atoms with Crippen LogP contribution >= 0.6 is 0 Å². The van der Waals surface area contributed by atoms with Crippen LogP contribution in [0.2, 0.25) is 0 Å². The Morgan fingerprint density at radius 3 is 1.70 bits per heavy atom. The van der Waals surface area contributed by atoms with E-state index in [0.29, 0.717) is 23.9 Å². The SMILES string of the molecule is CC(C)C.CC(C)c1ccc(S(=O)(=O)N2CCN(C)CC2)cc1. The zero-order chi connectivity index (χ0) is 17.6. The normalized spacial score (nSPS) is 17.2. The van der Waals surface area contributed by atoms with Crippen molar-refractivity contribution in [3.8, 4) is 0 Å². The van der Waals surface area contributed by atoms with Crippen LogP contribution in [0.5, 0.6) is 0 Å². The zero-order valence-corrected chi connectivity index (χ0v) is 16.2. The molecular weight excluding hydrogens is 308 g/mol. The Bertz CT molecular complexity index is 554. The summed E-state index contributed by atoms with van der Waals surface area (Å²) in [6.07, 6.45) is 0. The van der Waals surface area contributed by atoms with Gasteiger partial charge in [-0.15, -0.1) is 0 Å². The molecule has 0 aromatic heterocycles. The third-order valence-electron chi connectivity index (χ3n) is 3.65. The van der Waals surface area contributed by atoms with Gasteiger partial charge in [-0.05, 0) is 36.6 Å². The van der Waals surface area contributed by atoms with Crippen LogP contribution in [0.3, 0.4) is 0 Å². The minimum Gasteiger partial charge on any atom is -0.304 e. The number of nitrogens with zero attached hydrogens (tertiary/aromatic N) is 2. The summed E-state index contributed by atoms with van der Waals surface area (Å²) >= 11 is 0. The van der Waals surface area contributed by atoms with E-state index in [4.69, 9.17) is 0 Å². The Labute approximate surface area is 142 Å². The highest BCUT2D eigenvalue weighted by Crippen LogP contribution is 2.20. The topological polar surface area (TPSA) is 40.6 Å². The summed E-state index contributed by atoms with van der Waals surface area (Å²) in [7, 11) is -1.31. The average molecular weight is 341 g/mol. The fraction of sp³-hybridized carbons (Fsp3) is 0.667. The largest absolute Gasteiger partial charge is 0.304 e. The molecule has 4 nitrogen and oxygen atoms in total. The van der Waals surface area contributed by atoms with Gasteiger partial charge in [0, 0.05) is 26.2 Å². The molecule has 5 heteroatoms. The van der Waals surface area contributed by atoms with E-state index in [1.807, 2.05) is 19.2 Å². The Kier molecular flexibility index (Phi) is 7.71. The van der Waals surface area contributed by atoms with E-state index in [1.165, 1.54) is 0 Å². The number of rotatable bonds is 3. The molecule has 1 heterocycles. The first-order valence-corrected chi connectivity index (χ1v) is 9.87. The first-order valence-electron chi connectivity index (χ1n) is 8.43. The standard InChI is InChI=1S/C14H22N2O2S.C4H10/c1-12(2)13-4-6-14(7-5-13)19(17,18)16-10-8-15(3)9-11-16;1-4(2)3/h4-7,12H,8-11H2,1-3H3;4H,1-3H3. The molecule has 23 heavy (non-hydrogen) atoms. The average Bonchev–Trinajstić information content (AvgIpc) is 2.47. The minimum atomic E-state index is -3.32. The summed E-state index contributed by atoms with van der Waals surface area (Å²) in [6.45, 7) is 13.4. The highest BCUT2D eigenvalue weighted by atomic mass is 32.2. The van der Waals surface area contributed by atoms with Crippen LogP contribution in [0.15, 0.2) is 29.2 Å². The lowest BCUT2D eigenvalue weighted by Crippen LogP contribution is -2.46.